The maximum Gasteiger partial charge on any atom is 0.0325 e. The van der Waals surface area contributed by atoms with Gasteiger partial charge in [0.15, 0.2) is 0 Å². The van der Waals surface area contributed by atoms with Crippen molar-refractivity contribution in [2.75, 3.05) is 0 Å². The van der Waals surface area contributed by atoms with Gasteiger partial charge in [-0.3, -0.25) is 0 Å². The minimum Gasteiger partial charge on any atom is -0.303 e. The van der Waals surface area contributed by atoms with Crippen LogP contribution in [0.25, 0.3) is 0 Å². The summed E-state index contributed by atoms with van der Waals surface area (Å²) in [5.41, 5.74) is 2.73. The standard InChI is InChI=1S/C18H22IN/c1-3-7-18(16-8-5-4-6-9-16)20-14(2)15-10-12-17(19)13-11-15/h4-6,8-14,18,20H,3,7H2,1-2H3. The lowest BCUT2D eigenvalue weighted by molar-refractivity contribution is 0.439. The van der Waals surface area contributed by atoms with Gasteiger partial charge < -0.3 is 5.32 Å². The first-order valence-corrected chi connectivity index (χ1v) is 8.35. The highest BCUT2D eigenvalue weighted by atomic mass is 127. The van der Waals surface area contributed by atoms with Crippen molar-refractivity contribution in [1.29, 1.82) is 0 Å². The maximum atomic E-state index is 3.77. The Balaban J connectivity index is 2.10. The van der Waals surface area contributed by atoms with Crippen LogP contribution in [-0.2, 0) is 0 Å². The molecule has 106 valence electrons. The largest absolute Gasteiger partial charge is 0.303 e. The molecule has 0 aromatic heterocycles. The van der Waals surface area contributed by atoms with E-state index >= 15 is 0 Å². The van der Waals surface area contributed by atoms with Gasteiger partial charge in [-0.2, -0.15) is 0 Å². The van der Waals surface area contributed by atoms with Crippen molar-refractivity contribution < 1.29 is 0 Å². The quantitative estimate of drug-likeness (QED) is 0.655. The molecule has 2 aromatic rings. The van der Waals surface area contributed by atoms with E-state index in [1.165, 1.54) is 27.5 Å². The van der Waals surface area contributed by atoms with Gasteiger partial charge in [0.05, 0.1) is 0 Å². The van der Waals surface area contributed by atoms with E-state index in [0.29, 0.717) is 12.1 Å². The highest BCUT2D eigenvalue weighted by Crippen LogP contribution is 2.23. The van der Waals surface area contributed by atoms with Crippen LogP contribution in [0.1, 0.15) is 49.9 Å². The fraction of sp³-hybridized carbons (Fsp3) is 0.333. The average molecular weight is 379 g/mol. The van der Waals surface area contributed by atoms with Crippen LogP contribution in [0.5, 0.6) is 0 Å². The molecular formula is C18H22IN. The van der Waals surface area contributed by atoms with E-state index in [4.69, 9.17) is 0 Å². The number of hydrogen-bond acceptors (Lipinski definition) is 1. The zero-order valence-electron chi connectivity index (χ0n) is 12.1. The number of hydrogen-bond donors (Lipinski definition) is 1. The Morgan fingerprint density at radius 3 is 2.20 bits per heavy atom. The van der Waals surface area contributed by atoms with Gasteiger partial charge in [0.25, 0.3) is 0 Å². The lowest BCUT2D eigenvalue weighted by Crippen LogP contribution is -2.24. The Bertz CT molecular complexity index is 507. The molecule has 0 aliphatic carbocycles. The van der Waals surface area contributed by atoms with Crippen molar-refractivity contribution in [2.24, 2.45) is 0 Å². The molecule has 0 saturated heterocycles. The minimum absolute atomic E-state index is 0.365. The summed E-state index contributed by atoms with van der Waals surface area (Å²) in [5.74, 6) is 0. The number of nitrogens with one attached hydrogen (secondary N) is 1. The van der Waals surface area contributed by atoms with Crippen molar-refractivity contribution in [3.05, 3.63) is 69.3 Å². The van der Waals surface area contributed by atoms with Gasteiger partial charge in [-0.05, 0) is 59.2 Å². The first kappa shape index (κ1) is 15.5. The fourth-order valence-electron chi connectivity index (χ4n) is 2.47. The van der Waals surface area contributed by atoms with Crippen LogP contribution in [-0.4, -0.2) is 0 Å². The van der Waals surface area contributed by atoms with E-state index < -0.39 is 0 Å². The molecule has 0 aliphatic rings. The Kier molecular flexibility index (Phi) is 6.05. The number of benzene rings is 2. The van der Waals surface area contributed by atoms with E-state index in [9.17, 15) is 0 Å². The van der Waals surface area contributed by atoms with E-state index in [1.54, 1.807) is 0 Å². The van der Waals surface area contributed by atoms with E-state index in [-0.39, 0.29) is 0 Å². The predicted octanol–water partition coefficient (Wildman–Crippen LogP) is 5.48. The third kappa shape index (κ3) is 4.32. The molecule has 0 spiro atoms. The summed E-state index contributed by atoms with van der Waals surface area (Å²) in [6.07, 6.45) is 2.35. The normalized spacial score (nSPS) is 13.9. The van der Waals surface area contributed by atoms with Crippen molar-refractivity contribution in [2.45, 2.75) is 38.8 Å². The third-order valence-corrected chi connectivity index (χ3v) is 4.32. The maximum absolute atomic E-state index is 3.77. The first-order chi connectivity index (χ1) is 9.70. The molecule has 0 fully saturated rings. The Hall–Kier alpha value is -0.870. The lowest BCUT2D eigenvalue weighted by atomic mass is 10.00. The van der Waals surface area contributed by atoms with Gasteiger partial charge >= 0.3 is 0 Å². The number of rotatable bonds is 6. The minimum atomic E-state index is 0.365. The van der Waals surface area contributed by atoms with Crippen molar-refractivity contribution in [3.63, 3.8) is 0 Å². The molecule has 0 heterocycles. The summed E-state index contributed by atoms with van der Waals surface area (Å²) in [7, 11) is 0. The van der Waals surface area contributed by atoms with E-state index in [2.05, 4.69) is 96.4 Å². The number of halogens is 1. The summed E-state index contributed by atoms with van der Waals surface area (Å²) in [6.45, 7) is 4.49. The summed E-state index contributed by atoms with van der Waals surface area (Å²) in [6, 6.07) is 20.3. The van der Waals surface area contributed by atoms with Crippen molar-refractivity contribution in [3.8, 4) is 0 Å². The summed E-state index contributed by atoms with van der Waals surface area (Å²) < 4.78 is 1.28. The topological polar surface area (TPSA) is 12.0 Å². The first-order valence-electron chi connectivity index (χ1n) is 7.27. The second kappa shape index (κ2) is 7.79. The molecule has 2 aromatic carbocycles. The molecule has 0 radical (unpaired) electrons. The van der Waals surface area contributed by atoms with Gasteiger partial charge in [0.2, 0.25) is 0 Å². The van der Waals surface area contributed by atoms with Crippen molar-refractivity contribution in [1.82, 2.24) is 5.32 Å². The molecule has 2 unspecified atom stereocenters. The molecule has 0 bridgehead atoms. The van der Waals surface area contributed by atoms with Crippen LogP contribution < -0.4 is 5.32 Å². The summed E-state index contributed by atoms with van der Waals surface area (Å²) >= 11 is 2.35. The van der Waals surface area contributed by atoms with E-state index in [1.807, 2.05) is 0 Å². The molecule has 0 amide bonds. The molecule has 1 N–H and O–H groups in total. The van der Waals surface area contributed by atoms with Gasteiger partial charge in [-0.1, -0.05) is 55.8 Å². The molecular weight excluding hydrogens is 357 g/mol. The van der Waals surface area contributed by atoms with Crippen LogP contribution in [0.4, 0.5) is 0 Å². The molecule has 20 heavy (non-hydrogen) atoms. The van der Waals surface area contributed by atoms with Gasteiger partial charge in [0.1, 0.15) is 0 Å². The molecule has 2 atom stereocenters. The molecule has 0 saturated carbocycles. The van der Waals surface area contributed by atoms with Crippen LogP contribution in [0.15, 0.2) is 54.6 Å². The van der Waals surface area contributed by atoms with Gasteiger partial charge in [-0.25, -0.2) is 0 Å². The summed E-state index contributed by atoms with van der Waals surface area (Å²) in [5, 5.41) is 3.77. The fourth-order valence-corrected chi connectivity index (χ4v) is 2.83. The highest BCUT2D eigenvalue weighted by Gasteiger charge is 2.14. The molecule has 0 aliphatic heterocycles. The van der Waals surface area contributed by atoms with Crippen molar-refractivity contribution >= 4 is 22.6 Å². The predicted molar refractivity (Wildman–Crippen MR) is 94.8 cm³/mol. The zero-order chi connectivity index (χ0) is 14.4. The third-order valence-electron chi connectivity index (χ3n) is 3.60. The second-order valence-electron chi connectivity index (χ2n) is 5.19. The monoisotopic (exact) mass is 379 g/mol. The average Bonchev–Trinajstić information content (AvgIpc) is 2.48. The van der Waals surface area contributed by atoms with Gasteiger partial charge in [0, 0.05) is 15.7 Å². The second-order valence-corrected chi connectivity index (χ2v) is 6.44. The highest BCUT2D eigenvalue weighted by molar-refractivity contribution is 14.1. The molecule has 2 heteroatoms. The Labute approximate surface area is 135 Å². The molecule has 1 nitrogen and oxygen atoms in total. The zero-order valence-corrected chi connectivity index (χ0v) is 14.3. The Morgan fingerprint density at radius 2 is 1.60 bits per heavy atom. The Morgan fingerprint density at radius 1 is 0.950 bits per heavy atom. The van der Waals surface area contributed by atoms with Gasteiger partial charge in [-0.15, -0.1) is 0 Å². The SMILES string of the molecule is CCCC(NC(C)c1ccc(I)cc1)c1ccccc1. The van der Waals surface area contributed by atoms with E-state index in [0.717, 1.165) is 0 Å². The molecule has 2 rings (SSSR count). The lowest BCUT2D eigenvalue weighted by Gasteiger charge is -2.24. The summed E-state index contributed by atoms with van der Waals surface area (Å²) in [4.78, 5) is 0. The van der Waals surface area contributed by atoms with Crippen LogP contribution in [0.3, 0.4) is 0 Å². The van der Waals surface area contributed by atoms with Crippen LogP contribution >= 0.6 is 22.6 Å². The van der Waals surface area contributed by atoms with Crippen LogP contribution in [0.2, 0.25) is 0 Å². The smallest absolute Gasteiger partial charge is 0.0325 e. The van der Waals surface area contributed by atoms with Crippen LogP contribution in [0, 0.1) is 3.57 Å².